The Balaban J connectivity index is 2.44. The Morgan fingerprint density at radius 1 is 0.900 bits per heavy atom. The van der Waals surface area contributed by atoms with Crippen LogP contribution in [0.1, 0.15) is 33.3 Å². The molecule has 0 heterocycles. The highest BCUT2D eigenvalue weighted by atomic mass is 16.5. The van der Waals surface area contributed by atoms with Crippen molar-refractivity contribution < 1.29 is 28.5 Å². The molecular weight excluding hydrogens is 388 g/mol. The van der Waals surface area contributed by atoms with Crippen LogP contribution in [0.5, 0.6) is 0 Å². The van der Waals surface area contributed by atoms with Crippen LogP contribution in [0.25, 0.3) is 0 Å². The molecule has 0 aromatic heterocycles. The second-order valence-corrected chi connectivity index (χ2v) is 6.70. The maximum atomic E-state index is 12.5. The maximum absolute atomic E-state index is 12.5. The molecule has 170 valence electrons. The van der Waals surface area contributed by atoms with E-state index in [4.69, 9.17) is 18.9 Å². The third kappa shape index (κ3) is 9.67. The fourth-order valence-corrected chi connectivity index (χ4v) is 2.57. The number of rotatable bonds is 15. The lowest BCUT2D eigenvalue weighted by Gasteiger charge is -2.22. The molecule has 30 heavy (non-hydrogen) atoms. The highest BCUT2D eigenvalue weighted by molar-refractivity contribution is 5.95. The zero-order valence-corrected chi connectivity index (χ0v) is 18.8. The van der Waals surface area contributed by atoms with E-state index in [1.807, 2.05) is 38.1 Å². The van der Waals surface area contributed by atoms with Crippen LogP contribution in [-0.4, -0.2) is 70.7 Å². The summed E-state index contributed by atoms with van der Waals surface area (Å²) < 4.78 is 21.3. The van der Waals surface area contributed by atoms with Crippen molar-refractivity contribution in [2.24, 2.45) is 0 Å². The summed E-state index contributed by atoms with van der Waals surface area (Å²) in [6, 6.07) is 7.43. The predicted octanol–water partition coefficient (Wildman–Crippen LogP) is 2.15. The number of hydrogen-bond acceptors (Lipinski definition) is 6. The molecule has 0 aliphatic carbocycles. The van der Waals surface area contributed by atoms with E-state index in [0.29, 0.717) is 46.2 Å². The van der Waals surface area contributed by atoms with Crippen molar-refractivity contribution in [3.63, 3.8) is 0 Å². The van der Waals surface area contributed by atoms with Gasteiger partial charge in [0.15, 0.2) is 0 Å². The topological polar surface area (TPSA) is 86.3 Å². The van der Waals surface area contributed by atoms with Crippen molar-refractivity contribution >= 4 is 17.5 Å². The van der Waals surface area contributed by atoms with Crippen LogP contribution in [0.2, 0.25) is 0 Å². The van der Waals surface area contributed by atoms with Gasteiger partial charge < -0.3 is 29.2 Å². The second kappa shape index (κ2) is 14.9. The van der Waals surface area contributed by atoms with E-state index >= 15 is 0 Å². The number of nitrogens with one attached hydrogen (secondary N) is 1. The summed E-state index contributed by atoms with van der Waals surface area (Å²) in [6.07, 6.45) is -1.10. The molecule has 2 unspecified atom stereocenters. The molecule has 2 amide bonds. The third-order valence-electron chi connectivity index (χ3n) is 4.44. The third-order valence-corrected chi connectivity index (χ3v) is 4.44. The summed E-state index contributed by atoms with van der Waals surface area (Å²) in [4.78, 5) is 26.1. The second-order valence-electron chi connectivity index (χ2n) is 6.70. The van der Waals surface area contributed by atoms with E-state index in [1.54, 1.807) is 25.8 Å². The van der Waals surface area contributed by atoms with Crippen LogP contribution in [-0.2, 0) is 35.1 Å². The number of carbonyl (C=O) groups excluding carboxylic acids is 2. The van der Waals surface area contributed by atoms with E-state index in [2.05, 4.69) is 5.32 Å². The van der Waals surface area contributed by atoms with Gasteiger partial charge in [0.05, 0.1) is 26.4 Å². The number of ether oxygens (including phenoxy) is 4. The van der Waals surface area contributed by atoms with Gasteiger partial charge in [0.1, 0.15) is 12.2 Å². The largest absolute Gasteiger partial charge is 0.379 e. The Hall–Kier alpha value is -2.00. The number of hydrogen-bond donors (Lipinski definition) is 1. The van der Waals surface area contributed by atoms with Gasteiger partial charge in [-0.25, -0.2) is 0 Å². The number of amides is 2. The summed E-state index contributed by atoms with van der Waals surface area (Å²) >= 11 is 0. The van der Waals surface area contributed by atoms with Crippen LogP contribution in [0.3, 0.4) is 0 Å². The highest BCUT2D eigenvalue weighted by Crippen LogP contribution is 2.15. The zero-order valence-electron chi connectivity index (χ0n) is 18.8. The smallest absolute Gasteiger partial charge is 0.255 e. The standard InChI is InChI=1S/C22H36N2O6/c1-6-27-12-14-29-17(3)21(25)23-16-19-8-10-20(11-9-19)24(5)22(26)18(4)30-15-13-28-7-2/h8-11,17-18H,6-7,12-16H2,1-5H3,(H,23,25). The molecule has 1 aromatic carbocycles. The van der Waals surface area contributed by atoms with Crippen molar-refractivity contribution in [1.29, 1.82) is 0 Å². The lowest BCUT2D eigenvalue weighted by atomic mass is 10.2. The fraction of sp³-hybridized carbons (Fsp3) is 0.636. The monoisotopic (exact) mass is 424 g/mol. The summed E-state index contributed by atoms with van der Waals surface area (Å²) in [5.41, 5.74) is 1.68. The van der Waals surface area contributed by atoms with Crippen molar-refractivity contribution in [3.8, 4) is 0 Å². The van der Waals surface area contributed by atoms with Gasteiger partial charge >= 0.3 is 0 Å². The van der Waals surface area contributed by atoms with Crippen molar-refractivity contribution in [3.05, 3.63) is 29.8 Å². The minimum Gasteiger partial charge on any atom is -0.379 e. The number of anilines is 1. The van der Waals surface area contributed by atoms with Gasteiger partial charge in [-0.05, 0) is 45.4 Å². The first-order valence-electron chi connectivity index (χ1n) is 10.4. The SMILES string of the molecule is CCOCCOC(C)C(=O)NCc1ccc(N(C)C(=O)C(C)OCCOCC)cc1. The van der Waals surface area contributed by atoms with Crippen LogP contribution >= 0.6 is 0 Å². The molecule has 1 N–H and O–H groups in total. The van der Waals surface area contributed by atoms with Crippen molar-refractivity contribution in [2.45, 2.75) is 46.4 Å². The van der Waals surface area contributed by atoms with Gasteiger partial charge in [-0.3, -0.25) is 9.59 Å². The Kier molecular flexibility index (Phi) is 12.9. The number of carbonyl (C=O) groups is 2. The quantitative estimate of drug-likeness (QED) is 0.434. The average Bonchev–Trinajstić information content (AvgIpc) is 2.77. The first kappa shape index (κ1) is 26.0. The van der Waals surface area contributed by atoms with Gasteiger partial charge in [-0.2, -0.15) is 0 Å². The summed E-state index contributed by atoms with van der Waals surface area (Å²) in [6.45, 7) is 10.6. The molecule has 0 spiro atoms. The van der Waals surface area contributed by atoms with E-state index in [1.165, 1.54) is 0 Å². The molecule has 8 nitrogen and oxygen atoms in total. The molecule has 0 saturated carbocycles. The fourth-order valence-electron chi connectivity index (χ4n) is 2.57. The first-order chi connectivity index (χ1) is 14.4. The van der Waals surface area contributed by atoms with Crippen LogP contribution in [0.4, 0.5) is 5.69 Å². The Bertz CT molecular complexity index is 623. The molecule has 2 atom stereocenters. The van der Waals surface area contributed by atoms with E-state index < -0.39 is 12.2 Å². The van der Waals surface area contributed by atoms with Gasteiger partial charge in [-0.1, -0.05) is 12.1 Å². The number of nitrogens with zero attached hydrogens (tertiary/aromatic N) is 1. The molecule has 1 rings (SSSR count). The van der Waals surface area contributed by atoms with E-state index in [-0.39, 0.29) is 11.8 Å². The molecule has 0 aliphatic heterocycles. The maximum Gasteiger partial charge on any atom is 0.255 e. The van der Waals surface area contributed by atoms with Crippen LogP contribution in [0.15, 0.2) is 24.3 Å². The van der Waals surface area contributed by atoms with Gasteiger partial charge in [0.25, 0.3) is 5.91 Å². The zero-order chi connectivity index (χ0) is 22.4. The summed E-state index contributed by atoms with van der Waals surface area (Å²) in [5, 5.41) is 2.85. The lowest BCUT2D eigenvalue weighted by Crippen LogP contribution is -2.37. The van der Waals surface area contributed by atoms with Gasteiger partial charge in [-0.15, -0.1) is 0 Å². The molecule has 0 aliphatic rings. The Morgan fingerprint density at radius 2 is 1.43 bits per heavy atom. The van der Waals surface area contributed by atoms with Gasteiger partial charge in [0, 0.05) is 32.5 Å². The molecule has 0 radical (unpaired) electrons. The van der Waals surface area contributed by atoms with Crippen molar-refractivity contribution in [1.82, 2.24) is 5.32 Å². The molecule has 0 bridgehead atoms. The first-order valence-corrected chi connectivity index (χ1v) is 10.4. The molecule has 0 fully saturated rings. The molecule has 8 heteroatoms. The predicted molar refractivity (Wildman–Crippen MR) is 116 cm³/mol. The summed E-state index contributed by atoms with van der Waals surface area (Å²) in [7, 11) is 1.71. The molecule has 0 saturated heterocycles. The van der Waals surface area contributed by atoms with Crippen LogP contribution < -0.4 is 10.2 Å². The van der Waals surface area contributed by atoms with Crippen LogP contribution in [0, 0.1) is 0 Å². The minimum absolute atomic E-state index is 0.134. The molecular formula is C22H36N2O6. The number of likely N-dealkylation sites (N-methyl/N-ethyl adjacent to an activating group) is 1. The normalized spacial score (nSPS) is 13.0. The Labute approximate surface area is 179 Å². The van der Waals surface area contributed by atoms with E-state index in [0.717, 1.165) is 11.3 Å². The minimum atomic E-state index is -0.557. The number of benzene rings is 1. The summed E-state index contributed by atoms with van der Waals surface area (Å²) in [5.74, 6) is -0.313. The molecule has 1 aromatic rings. The van der Waals surface area contributed by atoms with E-state index in [9.17, 15) is 9.59 Å². The van der Waals surface area contributed by atoms with Crippen molar-refractivity contribution in [2.75, 3.05) is 51.6 Å². The van der Waals surface area contributed by atoms with Gasteiger partial charge in [0.2, 0.25) is 5.91 Å². The lowest BCUT2D eigenvalue weighted by molar-refractivity contribution is -0.132. The average molecular weight is 425 g/mol. The Morgan fingerprint density at radius 3 is 1.97 bits per heavy atom. The highest BCUT2D eigenvalue weighted by Gasteiger charge is 2.19.